The quantitative estimate of drug-likeness (QED) is 0.831. The van der Waals surface area contributed by atoms with Gasteiger partial charge in [0.15, 0.2) is 5.11 Å². The van der Waals surface area contributed by atoms with Crippen LogP contribution in [-0.2, 0) is 13.6 Å². The number of aromatic nitrogens is 2. The number of hydrogen-bond donors (Lipinski definition) is 2. The van der Waals surface area contributed by atoms with Gasteiger partial charge >= 0.3 is 6.61 Å². The number of nitrogens with zero attached hydrogens (tertiary/aromatic N) is 2. The molecule has 2 aromatic rings. The molecule has 0 spiro atoms. The maximum Gasteiger partial charge on any atom is 0.387 e. The molecule has 1 aromatic carbocycles. The fraction of sp³-hybridized carbons (Fsp3) is 0.231. The van der Waals surface area contributed by atoms with Gasteiger partial charge in [-0.3, -0.25) is 4.68 Å². The van der Waals surface area contributed by atoms with Gasteiger partial charge in [-0.15, -0.1) is 0 Å². The maximum absolute atomic E-state index is 12.3. The zero-order valence-electron chi connectivity index (χ0n) is 11.2. The second-order valence-corrected chi connectivity index (χ2v) is 4.54. The molecule has 0 fully saturated rings. The minimum absolute atomic E-state index is 0.0391. The summed E-state index contributed by atoms with van der Waals surface area (Å²) in [6.07, 6.45) is 1.68. The highest BCUT2D eigenvalue weighted by atomic mass is 32.1. The molecule has 2 N–H and O–H groups in total. The van der Waals surface area contributed by atoms with Crippen LogP contribution in [-0.4, -0.2) is 21.5 Å². The van der Waals surface area contributed by atoms with Crippen LogP contribution in [0.25, 0.3) is 0 Å². The molecule has 0 saturated heterocycles. The summed E-state index contributed by atoms with van der Waals surface area (Å²) >= 11 is 5.13. The molecule has 0 amide bonds. The third kappa shape index (κ3) is 4.38. The fourth-order valence-electron chi connectivity index (χ4n) is 1.68. The van der Waals surface area contributed by atoms with Gasteiger partial charge < -0.3 is 15.4 Å². The van der Waals surface area contributed by atoms with Crippen molar-refractivity contribution in [2.75, 3.05) is 5.32 Å². The first-order valence-electron chi connectivity index (χ1n) is 6.12. The molecule has 0 bridgehead atoms. The molecule has 1 aromatic heterocycles. The smallest absolute Gasteiger partial charge is 0.387 e. The summed E-state index contributed by atoms with van der Waals surface area (Å²) in [7, 11) is 1.82. The van der Waals surface area contributed by atoms with Gasteiger partial charge in [-0.25, -0.2) is 0 Å². The summed E-state index contributed by atoms with van der Waals surface area (Å²) in [5.74, 6) is 0.0391. The third-order valence-electron chi connectivity index (χ3n) is 2.70. The zero-order chi connectivity index (χ0) is 15.2. The number of aryl methyl sites for hydroxylation is 1. The van der Waals surface area contributed by atoms with E-state index in [0.717, 1.165) is 5.69 Å². The lowest BCUT2D eigenvalue weighted by Crippen LogP contribution is -2.29. The normalized spacial score (nSPS) is 10.5. The average Bonchev–Trinajstić information content (AvgIpc) is 2.84. The van der Waals surface area contributed by atoms with Gasteiger partial charge in [-0.05, 0) is 30.4 Å². The Morgan fingerprint density at radius 3 is 2.81 bits per heavy atom. The lowest BCUT2D eigenvalue weighted by atomic mass is 10.3. The van der Waals surface area contributed by atoms with Crippen molar-refractivity contribution >= 4 is 23.0 Å². The van der Waals surface area contributed by atoms with Crippen molar-refractivity contribution in [1.82, 2.24) is 15.1 Å². The van der Waals surface area contributed by atoms with Crippen LogP contribution in [0, 0.1) is 0 Å². The summed E-state index contributed by atoms with van der Waals surface area (Å²) in [6, 6.07) is 8.21. The summed E-state index contributed by atoms with van der Waals surface area (Å²) in [4.78, 5) is 0. The van der Waals surface area contributed by atoms with E-state index in [1.54, 1.807) is 29.1 Å². The number of hydrogen-bond acceptors (Lipinski definition) is 3. The van der Waals surface area contributed by atoms with E-state index in [4.69, 9.17) is 12.2 Å². The lowest BCUT2D eigenvalue weighted by Gasteiger charge is -2.14. The lowest BCUT2D eigenvalue weighted by molar-refractivity contribution is -0.0493. The highest BCUT2D eigenvalue weighted by Crippen LogP contribution is 2.25. The Hall–Kier alpha value is -2.22. The Labute approximate surface area is 125 Å². The molecule has 1 heterocycles. The van der Waals surface area contributed by atoms with Gasteiger partial charge in [0.1, 0.15) is 5.75 Å². The molecule has 2 rings (SSSR count). The molecule has 0 unspecified atom stereocenters. The number of rotatable bonds is 5. The van der Waals surface area contributed by atoms with Crippen LogP contribution < -0.4 is 15.4 Å². The van der Waals surface area contributed by atoms with Gasteiger partial charge in [0, 0.05) is 13.2 Å². The summed E-state index contributed by atoms with van der Waals surface area (Å²) in [5.41, 5.74) is 1.32. The predicted octanol–water partition coefficient (Wildman–Crippen LogP) is 2.51. The molecular weight excluding hydrogens is 298 g/mol. The first-order valence-corrected chi connectivity index (χ1v) is 6.52. The van der Waals surface area contributed by atoms with E-state index in [1.165, 1.54) is 6.07 Å². The Bertz CT molecular complexity index is 618. The molecule has 0 aliphatic heterocycles. The van der Waals surface area contributed by atoms with Crippen LogP contribution in [0.1, 0.15) is 5.69 Å². The number of ether oxygens (including phenoxy) is 1. The number of halogens is 2. The predicted molar refractivity (Wildman–Crippen MR) is 79.3 cm³/mol. The molecule has 0 saturated carbocycles. The Morgan fingerprint density at radius 2 is 2.14 bits per heavy atom. The number of nitrogens with one attached hydrogen (secondary N) is 2. The van der Waals surface area contributed by atoms with Crippen molar-refractivity contribution in [3.63, 3.8) is 0 Å². The number of thiocarbonyl (C=S) groups is 1. The van der Waals surface area contributed by atoms with E-state index in [2.05, 4.69) is 20.5 Å². The Balaban J connectivity index is 1.95. The van der Waals surface area contributed by atoms with Crippen molar-refractivity contribution in [3.05, 3.63) is 42.2 Å². The van der Waals surface area contributed by atoms with E-state index in [1.807, 2.05) is 13.1 Å². The van der Waals surface area contributed by atoms with Crippen LogP contribution in [0.4, 0.5) is 14.5 Å². The van der Waals surface area contributed by atoms with E-state index in [9.17, 15) is 8.78 Å². The van der Waals surface area contributed by atoms with Gasteiger partial charge in [0.2, 0.25) is 0 Å². The monoisotopic (exact) mass is 312 g/mol. The SMILES string of the molecule is Cn1nccc1CNC(=S)Nc1ccccc1OC(F)F. The number of para-hydroxylation sites is 2. The molecular formula is C13H14F2N4OS. The number of alkyl halides is 2. The molecule has 5 nitrogen and oxygen atoms in total. The third-order valence-corrected chi connectivity index (χ3v) is 2.95. The minimum atomic E-state index is -2.89. The van der Waals surface area contributed by atoms with Gasteiger partial charge in [0.05, 0.1) is 17.9 Å². The molecule has 0 aliphatic carbocycles. The van der Waals surface area contributed by atoms with Crippen molar-refractivity contribution in [2.45, 2.75) is 13.2 Å². The average molecular weight is 312 g/mol. The van der Waals surface area contributed by atoms with Crippen molar-refractivity contribution < 1.29 is 13.5 Å². The first-order chi connectivity index (χ1) is 10.1. The van der Waals surface area contributed by atoms with E-state index >= 15 is 0 Å². The largest absolute Gasteiger partial charge is 0.433 e. The van der Waals surface area contributed by atoms with Crippen LogP contribution in [0.3, 0.4) is 0 Å². The second-order valence-electron chi connectivity index (χ2n) is 4.13. The van der Waals surface area contributed by atoms with Crippen molar-refractivity contribution in [3.8, 4) is 5.75 Å². The van der Waals surface area contributed by atoms with Crippen LogP contribution in [0.2, 0.25) is 0 Å². The van der Waals surface area contributed by atoms with Crippen LogP contribution in [0.5, 0.6) is 5.75 Å². The van der Waals surface area contributed by atoms with E-state index < -0.39 is 6.61 Å². The van der Waals surface area contributed by atoms with Gasteiger partial charge in [-0.1, -0.05) is 12.1 Å². The molecule has 0 atom stereocenters. The van der Waals surface area contributed by atoms with Crippen LogP contribution >= 0.6 is 12.2 Å². The van der Waals surface area contributed by atoms with Crippen molar-refractivity contribution in [2.24, 2.45) is 7.05 Å². The Kier molecular flexibility index (Phi) is 5.04. The Morgan fingerprint density at radius 1 is 1.38 bits per heavy atom. The standard InChI is InChI=1S/C13H14F2N4OS/c1-19-9(6-7-17-19)8-16-13(21)18-10-4-2-3-5-11(10)20-12(14)15/h2-7,12H,8H2,1H3,(H2,16,18,21). The molecule has 0 aliphatic rings. The van der Waals surface area contributed by atoms with Gasteiger partial charge in [-0.2, -0.15) is 13.9 Å². The van der Waals surface area contributed by atoms with Gasteiger partial charge in [0.25, 0.3) is 0 Å². The number of benzene rings is 1. The zero-order valence-corrected chi connectivity index (χ0v) is 12.0. The molecule has 112 valence electrons. The summed E-state index contributed by atoms with van der Waals surface area (Å²) in [6.45, 7) is -2.41. The second kappa shape index (κ2) is 6.98. The molecule has 8 heteroatoms. The van der Waals surface area contributed by atoms with Crippen LogP contribution in [0.15, 0.2) is 36.5 Å². The molecule has 0 radical (unpaired) electrons. The fourth-order valence-corrected chi connectivity index (χ4v) is 1.86. The highest BCUT2D eigenvalue weighted by Gasteiger charge is 2.10. The van der Waals surface area contributed by atoms with E-state index in [-0.39, 0.29) is 5.75 Å². The minimum Gasteiger partial charge on any atom is -0.433 e. The topological polar surface area (TPSA) is 51.1 Å². The summed E-state index contributed by atoms with van der Waals surface area (Å²) < 4.78 is 30.7. The first kappa shape index (κ1) is 15.2. The highest BCUT2D eigenvalue weighted by molar-refractivity contribution is 7.80. The van der Waals surface area contributed by atoms with E-state index in [0.29, 0.717) is 17.3 Å². The maximum atomic E-state index is 12.3. The molecule has 21 heavy (non-hydrogen) atoms. The van der Waals surface area contributed by atoms with Crippen molar-refractivity contribution in [1.29, 1.82) is 0 Å². The number of anilines is 1. The summed E-state index contributed by atoms with van der Waals surface area (Å²) in [5, 5.41) is 10.1.